The van der Waals surface area contributed by atoms with E-state index >= 15 is 8.42 Å². The van der Waals surface area contributed by atoms with Gasteiger partial charge in [0.1, 0.15) is 23.7 Å². The van der Waals surface area contributed by atoms with Crippen molar-refractivity contribution < 1.29 is 28.1 Å². The Bertz CT molecular complexity index is 3330. The molecule has 2 saturated carbocycles. The zero-order chi connectivity index (χ0) is 48.1. The summed E-state index contributed by atoms with van der Waals surface area (Å²) in [5.41, 5.74) is 5.89. The first-order chi connectivity index (χ1) is 34.7. The molecule has 0 aliphatic heterocycles. The van der Waals surface area contributed by atoms with Crippen molar-refractivity contribution in [3.63, 3.8) is 0 Å². The van der Waals surface area contributed by atoms with Crippen molar-refractivity contribution >= 4 is 52.9 Å². The van der Waals surface area contributed by atoms with Gasteiger partial charge >= 0.3 is 0 Å². The van der Waals surface area contributed by atoms with Gasteiger partial charge in [0.15, 0.2) is 0 Å². The van der Waals surface area contributed by atoms with E-state index in [9.17, 15) is 10.2 Å². The monoisotopic (exact) mass is 950 g/mol. The van der Waals surface area contributed by atoms with E-state index in [-0.39, 0.29) is 22.0 Å². The van der Waals surface area contributed by atoms with Crippen LogP contribution in [0.15, 0.2) is 204 Å². The third kappa shape index (κ3) is 8.95. The third-order valence-electron chi connectivity index (χ3n) is 14.8. The van der Waals surface area contributed by atoms with Crippen LogP contribution in [0.3, 0.4) is 0 Å². The number of fused-ring (bicyclic) bond motifs is 4. The first-order valence-corrected chi connectivity index (χ1v) is 26.5. The van der Waals surface area contributed by atoms with Crippen molar-refractivity contribution in [2.45, 2.75) is 85.6 Å². The van der Waals surface area contributed by atoms with Gasteiger partial charge in [-0.3, -0.25) is 0 Å². The molecule has 4 atom stereocenters. The molecule has 352 valence electrons. The van der Waals surface area contributed by atoms with Crippen LogP contribution in [0.2, 0.25) is 0 Å². The standard InChI is InChI=1S/C64H54O6S/c65-53-19-9-21-55(35-53)69-63-59(49-27-23-41-11-1-5-15-45(41)31-49)37-57(38-60(63)50-28-24-42-12-2-6-16-46(42)32-50)71(67,68)58-39-61(51-29-25-43-13-3-7-17-47(43)33-51)64(70-56-22-10-20-54(66)36-56)62(40-58)52-30-26-44-14-4-8-18-48(44)34-52/h1-8,11-18,23-34,37-40,53-56,65-66H,9-10,19-22,35-36H2. The number of benzene rings is 10. The second-order valence-corrected chi connectivity index (χ2v) is 21.5. The molecule has 6 nitrogen and oxygen atoms in total. The van der Waals surface area contributed by atoms with Gasteiger partial charge in [-0.25, -0.2) is 8.42 Å². The number of sulfone groups is 1. The Morgan fingerprint density at radius 3 is 0.915 bits per heavy atom. The quantitative estimate of drug-likeness (QED) is 0.142. The summed E-state index contributed by atoms with van der Waals surface area (Å²) in [5, 5.41) is 30.2. The molecule has 7 heteroatoms. The summed E-state index contributed by atoms with van der Waals surface area (Å²) in [7, 11) is -4.34. The lowest BCUT2D eigenvalue weighted by molar-refractivity contribution is 0.0537. The van der Waals surface area contributed by atoms with Crippen molar-refractivity contribution in [3.8, 4) is 56.0 Å². The lowest BCUT2D eigenvalue weighted by Crippen LogP contribution is -2.28. The van der Waals surface area contributed by atoms with Crippen LogP contribution in [0.5, 0.6) is 11.5 Å². The zero-order valence-corrected chi connectivity index (χ0v) is 40.2. The van der Waals surface area contributed by atoms with Crippen LogP contribution in [-0.2, 0) is 9.84 Å². The molecule has 0 aromatic heterocycles. The molecule has 0 heterocycles. The van der Waals surface area contributed by atoms with Crippen LogP contribution in [-0.4, -0.2) is 43.0 Å². The van der Waals surface area contributed by atoms with E-state index in [1.165, 1.54) is 0 Å². The van der Waals surface area contributed by atoms with E-state index < -0.39 is 22.0 Å². The highest BCUT2D eigenvalue weighted by atomic mass is 32.2. The zero-order valence-electron chi connectivity index (χ0n) is 39.4. The maximum absolute atomic E-state index is 16.2. The van der Waals surface area contributed by atoms with Crippen molar-refractivity contribution in [2.75, 3.05) is 0 Å². The number of hydrogen-bond donors (Lipinski definition) is 2. The van der Waals surface area contributed by atoms with Gasteiger partial charge in [0, 0.05) is 35.1 Å². The van der Waals surface area contributed by atoms with Crippen LogP contribution in [0.4, 0.5) is 0 Å². The van der Waals surface area contributed by atoms with Gasteiger partial charge in [0.25, 0.3) is 0 Å². The molecule has 12 rings (SSSR count). The summed E-state index contributed by atoms with van der Waals surface area (Å²) < 4.78 is 46.6. The first-order valence-electron chi connectivity index (χ1n) is 25.0. The average Bonchev–Trinajstić information content (AvgIpc) is 3.40. The van der Waals surface area contributed by atoms with Crippen LogP contribution in [0, 0.1) is 0 Å². The second-order valence-electron chi connectivity index (χ2n) is 19.6. The average molecular weight is 951 g/mol. The van der Waals surface area contributed by atoms with Gasteiger partial charge in [-0.15, -0.1) is 0 Å². The minimum atomic E-state index is -4.34. The molecule has 0 amide bonds. The summed E-state index contributed by atoms with van der Waals surface area (Å²) in [6, 6.07) is 64.8. The molecule has 2 fully saturated rings. The summed E-state index contributed by atoms with van der Waals surface area (Å²) in [6.45, 7) is 0. The van der Waals surface area contributed by atoms with Crippen LogP contribution in [0.1, 0.15) is 51.4 Å². The van der Waals surface area contributed by atoms with E-state index in [4.69, 9.17) is 9.47 Å². The lowest BCUT2D eigenvalue weighted by Gasteiger charge is -2.29. The molecule has 4 unspecified atom stereocenters. The smallest absolute Gasteiger partial charge is 0.206 e. The van der Waals surface area contributed by atoms with E-state index in [1.807, 2.05) is 72.8 Å². The molecular weight excluding hydrogens is 897 g/mol. The van der Waals surface area contributed by atoms with Gasteiger partial charge < -0.3 is 19.7 Å². The molecule has 0 bridgehead atoms. The van der Waals surface area contributed by atoms with Crippen molar-refractivity contribution in [1.29, 1.82) is 0 Å². The van der Waals surface area contributed by atoms with Crippen molar-refractivity contribution in [2.24, 2.45) is 0 Å². The van der Waals surface area contributed by atoms with Crippen LogP contribution in [0.25, 0.3) is 87.6 Å². The molecule has 2 aliphatic carbocycles. The molecule has 10 aromatic carbocycles. The summed E-state index contributed by atoms with van der Waals surface area (Å²) in [5.74, 6) is 1.17. The Morgan fingerprint density at radius 2 is 0.634 bits per heavy atom. The van der Waals surface area contributed by atoms with Gasteiger partial charge in [0.2, 0.25) is 9.84 Å². The summed E-state index contributed by atoms with van der Waals surface area (Å²) in [6.07, 6.45) is 4.11. The summed E-state index contributed by atoms with van der Waals surface area (Å²) in [4.78, 5) is 0.246. The predicted octanol–water partition coefficient (Wildman–Crippen LogP) is 15.2. The highest BCUT2D eigenvalue weighted by Gasteiger charge is 2.31. The maximum Gasteiger partial charge on any atom is 0.206 e. The molecule has 10 aromatic rings. The van der Waals surface area contributed by atoms with E-state index in [0.29, 0.717) is 46.6 Å². The van der Waals surface area contributed by atoms with E-state index in [1.54, 1.807) is 24.3 Å². The Labute approximate surface area is 414 Å². The summed E-state index contributed by atoms with van der Waals surface area (Å²) >= 11 is 0. The minimum absolute atomic E-state index is 0.123. The third-order valence-corrected chi connectivity index (χ3v) is 16.5. The predicted molar refractivity (Wildman–Crippen MR) is 288 cm³/mol. The topological polar surface area (TPSA) is 93.1 Å². The molecular formula is C64H54O6S. The fourth-order valence-corrected chi connectivity index (χ4v) is 12.3. The maximum atomic E-state index is 16.2. The van der Waals surface area contributed by atoms with Crippen LogP contribution < -0.4 is 9.47 Å². The Morgan fingerprint density at radius 1 is 0.352 bits per heavy atom. The van der Waals surface area contributed by atoms with Gasteiger partial charge in [0.05, 0.1) is 22.0 Å². The number of ether oxygens (including phenoxy) is 2. The van der Waals surface area contributed by atoms with Gasteiger partial charge in [-0.05, 0) is 152 Å². The molecule has 0 radical (unpaired) electrons. The molecule has 0 saturated heterocycles. The minimum Gasteiger partial charge on any atom is -0.489 e. The number of aliphatic hydroxyl groups excluding tert-OH is 2. The van der Waals surface area contributed by atoms with Crippen LogP contribution >= 0.6 is 0 Å². The Hall–Kier alpha value is -7.29. The molecule has 2 aliphatic rings. The highest BCUT2D eigenvalue weighted by molar-refractivity contribution is 7.91. The van der Waals surface area contributed by atoms with E-state index in [0.717, 1.165) is 104 Å². The fourth-order valence-electron chi connectivity index (χ4n) is 11.0. The number of rotatable bonds is 10. The van der Waals surface area contributed by atoms with E-state index in [2.05, 4.69) is 97.1 Å². The number of hydrogen-bond acceptors (Lipinski definition) is 6. The Kier molecular flexibility index (Phi) is 11.9. The molecule has 2 N–H and O–H groups in total. The second kappa shape index (κ2) is 18.8. The largest absolute Gasteiger partial charge is 0.489 e. The number of aliphatic hydroxyl groups is 2. The van der Waals surface area contributed by atoms with Crippen molar-refractivity contribution in [3.05, 3.63) is 194 Å². The van der Waals surface area contributed by atoms with Crippen molar-refractivity contribution in [1.82, 2.24) is 0 Å². The lowest BCUT2D eigenvalue weighted by atomic mass is 9.92. The normalized spacial score (nSPS) is 18.5. The fraction of sp³-hybridized carbons (Fsp3) is 0.188. The highest BCUT2D eigenvalue weighted by Crippen LogP contribution is 2.48. The molecule has 71 heavy (non-hydrogen) atoms. The van der Waals surface area contributed by atoms with Gasteiger partial charge in [-0.1, -0.05) is 146 Å². The Balaban J connectivity index is 1.12. The SMILES string of the molecule is O=S(=O)(c1cc(-c2ccc3ccccc3c2)c(OC2CCCC(O)C2)c(-c2ccc3ccccc3c2)c1)c1cc(-c2ccc3ccccc3c2)c(OC2CCCC(O)C2)c(-c2ccc3ccccc3c2)c1. The first kappa shape index (κ1) is 44.9. The van der Waals surface area contributed by atoms with Gasteiger partial charge in [-0.2, -0.15) is 0 Å². The molecule has 0 spiro atoms.